The Bertz CT molecular complexity index is 365. The summed E-state index contributed by atoms with van der Waals surface area (Å²) in [6.45, 7) is 6.28. The third-order valence-corrected chi connectivity index (χ3v) is 2.61. The Hall–Kier alpha value is -1.00. The van der Waals surface area contributed by atoms with Gasteiger partial charge in [0.1, 0.15) is 5.76 Å². The van der Waals surface area contributed by atoms with Gasteiger partial charge in [0.2, 0.25) is 0 Å². The van der Waals surface area contributed by atoms with E-state index in [9.17, 15) is 4.79 Å². The third kappa shape index (κ3) is 2.77. The molecule has 1 N–H and O–H groups in total. The largest absolute Gasteiger partial charge is 0.456 e. The number of aryl methyl sites for hydroxylation is 1. The summed E-state index contributed by atoms with van der Waals surface area (Å²) in [4.78, 5) is 13.8. The molecular weight excluding hydrogens is 228 g/mol. The molecule has 90 valence electrons. The van der Waals surface area contributed by atoms with Crippen LogP contribution in [-0.2, 0) is 0 Å². The topological polar surface area (TPSA) is 45.5 Å². The van der Waals surface area contributed by atoms with Crippen molar-refractivity contribution in [2.45, 2.75) is 19.9 Å². The van der Waals surface area contributed by atoms with Crippen molar-refractivity contribution in [3.63, 3.8) is 0 Å². The lowest BCUT2D eigenvalue weighted by Crippen LogP contribution is -2.51. The summed E-state index contributed by atoms with van der Waals surface area (Å²) in [7, 11) is 0. The van der Waals surface area contributed by atoms with Crippen LogP contribution in [0.4, 0.5) is 0 Å². The average Bonchev–Trinajstić information content (AvgIpc) is 2.64. The van der Waals surface area contributed by atoms with Gasteiger partial charge < -0.3 is 14.6 Å². The molecule has 2 heterocycles. The van der Waals surface area contributed by atoms with Gasteiger partial charge in [-0.25, -0.2) is 0 Å². The molecule has 1 aromatic rings. The maximum Gasteiger partial charge on any atom is 0.289 e. The molecule has 0 aromatic carbocycles. The lowest BCUT2D eigenvalue weighted by atomic mass is 10.2. The van der Waals surface area contributed by atoms with Crippen LogP contribution in [0.2, 0.25) is 0 Å². The highest BCUT2D eigenvalue weighted by Gasteiger charge is 2.23. The molecule has 0 radical (unpaired) electrons. The number of nitrogens with zero attached hydrogens (tertiary/aromatic N) is 1. The van der Waals surface area contributed by atoms with E-state index in [4.69, 9.17) is 4.42 Å². The van der Waals surface area contributed by atoms with Gasteiger partial charge in [-0.05, 0) is 26.0 Å². The Balaban J connectivity index is 0.00000128. The number of hydrogen-bond acceptors (Lipinski definition) is 3. The number of furan rings is 1. The Morgan fingerprint density at radius 2 is 2.31 bits per heavy atom. The van der Waals surface area contributed by atoms with Crippen LogP contribution in [0, 0.1) is 6.92 Å². The summed E-state index contributed by atoms with van der Waals surface area (Å²) in [5, 5.41) is 3.30. The van der Waals surface area contributed by atoms with Crippen molar-refractivity contribution in [1.82, 2.24) is 10.2 Å². The van der Waals surface area contributed by atoms with Crippen molar-refractivity contribution >= 4 is 18.3 Å². The highest BCUT2D eigenvalue weighted by atomic mass is 35.5. The normalized spacial score (nSPS) is 20.4. The first-order valence-corrected chi connectivity index (χ1v) is 5.26. The zero-order valence-electron chi connectivity index (χ0n) is 9.53. The van der Waals surface area contributed by atoms with Gasteiger partial charge in [0.15, 0.2) is 5.76 Å². The van der Waals surface area contributed by atoms with E-state index in [1.165, 1.54) is 0 Å². The van der Waals surface area contributed by atoms with E-state index in [-0.39, 0.29) is 18.3 Å². The summed E-state index contributed by atoms with van der Waals surface area (Å²) >= 11 is 0. The van der Waals surface area contributed by atoms with Gasteiger partial charge in [0.05, 0.1) is 0 Å². The SMILES string of the molecule is Cc1ccc(C(=O)N2CCN[C@@H](C)C2)o1.Cl. The second-order valence-electron chi connectivity index (χ2n) is 4.02. The number of halogens is 1. The highest BCUT2D eigenvalue weighted by molar-refractivity contribution is 5.91. The Morgan fingerprint density at radius 3 is 2.88 bits per heavy atom. The minimum Gasteiger partial charge on any atom is -0.456 e. The number of carbonyl (C=O) groups is 1. The fourth-order valence-corrected chi connectivity index (χ4v) is 1.82. The molecule has 0 spiro atoms. The fourth-order valence-electron chi connectivity index (χ4n) is 1.82. The summed E-state index contributed by atoms with van der Waals surface area (Å²) in [6, 6.07) is 3.92. The quantitative estimate of drug-likeness (QED) is 0.813. The summed E-state index contributed by atoms with van der Waals surface area (Å²) in [5.41, 5.74) is 0. The van der Waals surface area contributed by atoms with E-state index in [1.807, 2.05) is 17.9 Å². The highest BCUT2D eigenvalue weighted by Crippen LogP contribution is 2.11. The number of nitrogens with one attached hydrogen (secondary N) is 1. The average molecular weight is 245 g/mol. The first-order valence-electron chi connectivity index (χ1n) is 5.26. The molecular formula is C11H17ClN2O2. The Labute approximate surface area is 101 Å². The zero-order chi connectivity index (χ0) is 10.8. The minimum atomic E-state index is -0.00329. The van der Waals surface area contributed by atoms with Crippen molar-refractivity contribution in [1.29, 1.82) is 0 Å². The van der Waals surface area contributed by atoms with E-state index in [0.717, 1.165) is 25.4 Å². The number of piperazine rings is 1. The zero-order valence-corrected chi connectivity index (χ0v) is 10.3. The van der Waals surface area contributed by atoms with Gasteiger partial charge in [-0.3, -0.25) is 4.79 Å². The van der Waals surface area contributed by atoms with Crippen molar-refractivity contribution < 1.29 is 9.21 Å². The van der Waals surface area contributed by atoms with E-state index in [1.54, 1.807) is 6.07 Å². The van der Waals surface area contributed by atoms with E-state index >= 15 is 0 Å². The molecule has 4 nitrogen and oxygen atoms in total. The molecule has 1 amide bonds. The molecule has 0 aliphatic carbocycles. The van der Waals surface area contributed by atoms with Crippen molar-refractivity contribution in [2.75, 3.05) is 19.6 Å². The van der Waals surface area contributed by atoms with Crippen LogP contribution < -0.4 is 5.32 Å². The molecule has 1 fully saturated rings. The van der Waals surface area contributed by atoms with E-state index in [2.05, 4.69) is 12.2 Å². The van der Waals surface area contributed by atoms with Crippen molar-refractivity contribution in [2.24, 2.45) is 0 Å². The van der Waals surface area contributed by atoms with Gasteiger partial charge in [0, 0.05) is 25.7 Å². The van der Waals surface area contributed by atoms with Crippen LogP contribution in [-0.4, -0.2) is 36.5 Å². The minimum absolute atomic E-state index is 0. The molecule has 1 aliphatic rings. The second-order valence-corrected chi connectivity index (χ2v) is 4.02. The molecule has 16 heavy (non-hydrogen) atoms. The monoisotopic (exact) mass is 244 g/mol. The van der Waals surface area contributed by atoms with Gasteiger partial charge in [-0.2, -0.15) is 0 Å². The van der Waals surface area contributed by atoms with Gasteiger partial charge in [0.25, 0.3) is 5.91 Å². The first kappa shape index (κ1) is 13.1. The molecule has 1 aliphatic heterocycles. The van der Waals surface area contributed by atoms with Crippen LogP contribution in [0.25, 0.3) is 0 Å². The lowest BCUT2D eigenvalue weighted by Gasteiger charge is -2.31. The maximum atomic E-state index is 12.0. The number of rotatable bonds is 1. The van der Waals surface area contributed by atoms with E-state index < -0.39 is 0 Å². The first-order chi connectivity index (χ1) is 7.16. The maximum absolute atomic E-state index is 12.0. The summed E-state index contributed by atoms with van der Waals surface area (Å²) in [6.07, 6.45) is 0. The molecule has 5 heteroatoms. The Morgan fingerprint density at radius 1 is 1.56 bits per heavy atom. The molecule has 1 saturated heterocycles. The molecule has 1 aromatic heterocycles. The fraction of sp³-hybridized carbons (Fsp3) is 0.545. The van der Waals surface area contributed by atoms with Crippen molar-refractivity contribution in [3.8, 4) is 0 Å². The molecule has 1 atom stereocenters. The number of hydrogen-bond donors (Lipinski definition) is 1. The number of carbonyl (C=O) groups excluding carboxylic acids is 1. The molecule has 2 rings (SSSR count). The predicted molar refractivity (Wildman–Crippen MR) is 64.1 cm³/mol. The lowest BCUT2D eigenvalue weighted by molar-refractivity contribution is 0.0675. The predicted octanol–water partition coefficient (Wildman–Crippen LogP) is 1.44. The van der Waals surface area contributed by atoms with Crippen molar-refractivity contribution in [3.05, 3.63) is 23.7 Å². The van der Waals surface area contributed by atoms with Gasteiger partial charge >= 0.3 is 0 Å². The molecule has 0 saturated carbocycles. The smallest absolute Gasteiger partial charge is 0.289 e. The van der Waals surface area contributed by atoms with Crippen LogP contribution in [0.15, 0.2) is 16.5 Å². The summed E-state index contributed by atoms with van der Waals surface area (Å²) < 4.78 is 5.32. The van der Waals surface area contributed by atoms with Crippen LogP contribution in [0.1, 0.15) is 23.2 Å². The van der Waals surface area contributed by atoms with E-state index in [0.29, 0.717) is 11.8 Å². The third-order valence-electron chi connectivity index (χ3n) is 2.61. The number of amides is 1. The van der Waals surface area contributed by atoms with Gasteiger partial charge in [-0.1, -0.05) is 0 Å². The molecule has 0 bridgehead atoms. The van der Waals surface area contributed by atoms with Gasteiger partial charge in [-0.15, -0.1) is 12.4 Å². The molecule has 0 unspecified atom stereocenters. The van der Waals surface area contributed by atoms with Crippen LogP contribution >= 0.6 is 12.4 Å². The summed E-state index contributed by atoms with van der Waals surface area (Å²) in [5.74, 6) is 1.22. The standard InChI is InChI=1S/C11H16N2O2.ClH/c1-8-7-13(6-5-12-8)11(14)10-4-3-9(2)15-10;/h3-4,8,12H,5-7H2,1-2H3;1H/t8-;/m0./s1. The second kappa shape index (κ2) is 5.37. The van der Waals surface area contributed by atoms with Crippen LogP contribution in [0.3, 0.4) is 0 Å². The Kier molecular flexibility index (Phi) is 4.38. The van der Waals surface area contributed by atoms with Crippen LogP contribution in [0.5, 0.6) is 0 Å².